The number of aromatic nitrogens is 2. The molecule has 1 aromatic carbocycles. The molecule has 0 unspecified atom stereocenters. The first-order chi connectivity index (χ1) is 9.79. The van der Waals surface area contributed by atoms with E-state index in [1.54, 1.807) is 0 Å². The summed E-state index contributed by atoms with van der Waals surface area (Å²) in [6.07, 6.45) is 2.28. The van der Waals surface area contributed by atoms with E-state index in [4.69, 9.17) is 4.74 Å². The van der Waals surface area contributed by atoms with E-state index in [-0.39, 0.29) is 17.3 Å². The summed E-state index contributed by atoms with van der Waals surface area (Å²) in [5, 5.41) is 10.7. The van der Waals surface area contributed by atoms with Gasteiger partial charge < -0.3 is 14.9 Å². The van der Waals surface area contributed by atoms with Gasteiger partial charge >= 0.3 is 5.82 Å². The minimum absolute atomic E-state index is 0.0442. The number of hydrogen-bond donors (Lipinski definition) is 0. The highest BCUT2D eigenvalue weighted by molar-refractivity contribution is 7.90. The van der Waals surface area contributed by atoms with Gasteiger partial charge in [0.15, 0.2) is 16.4 Å². The van der Waals surface area contributed by atoms with Gasteiger partial charge in [-0.1, -0.05) is 0 Å². The summed E-state index contributed by atoms with van der Waals surface area (Å²) in [7, 11) is -1.72. The summed E-state index contributed by atoms with van der Waals surface area (Å²) >= 11 is 0. The molecule has 0 saturated carbocycles. The molecule has 1 aromatic heterocycles. The van der Waals surface area contributed by atoms with Crippen molar-refractivity contribution in [1.82, 2.24) is 9.55 Å². The summed E-state index contributed by atoms with van der Waals surface area (Å²) in [4.78, 5) is 14.3. The van der Waals surface area contributed by atoms with Gasteiger partial charge in [0.05, 0.1) is 11.9 Å². The van der Waals surface area contributed by atoms with Crippen LogP contribution >= 0.6 is 0 Å². The maximum atomic E-state index is 11.3. The van der Waals surface area contributed by atoms with E-state index < -0.39 is 14.8 Å². The Morgan fingerprint density at radius 2 is 1.95 bits per heavy atom. The molecule has 21 heavy (non-hydrogen) atoms. The van der Waals surface area contributed by atoms with Gasteiger partial charge in [-0.15, -0.1) is 0 Å². The van der Waals surface area contributed by atoms with Crippen molar-refractivity contribution in [1.29, 1.82) is 0 Å². The quantitative estimate of drug-likeness (QED) is 0.609. The fourth-order valence-electron chi connectivity index (χ4n) is 1.67. The predicted octanol–water partition coefficient (Wildman–Crippen LogP) is 1.31. The van der Waals surface area contributed by atoms with E-state index in [1.165, 1.54) is 35.9 Å². The zero-order valence-electron chi connectivity index (χ0n) is 11.4. The molecular formula is C12H13N3O5S. The van der Waals surface area contributed by atoms with Crippen molar-refractivity contribution in [2.45, 2.75) is 11.5 Å². The highest BCUT2D eigenvalue weighted by Crippen LogP contribution is 2.18. The smallest absolute Gasteiger partial charge is 0.342 e. The molecule has 0 fully saturated rings. The van der Waals surface area contributed by atoms with Crippen LogP contribution in [0, 0.1) is 10.1 Å². The number of nitrogens with zero attached hydrogens (tertiary/aromatic N) is 3. The summed E-state index contributed by atoms with van der Waals surface area (Å²) in [5.74, 6) is 0.725. The molecule has 0 radical (unpaired) electrons. The predicted molar refractivity (Wildman–Crippen MR) is 73.7 cm³/mol. The second kappa shape index (κ2) is 5.52. The van der Waals surface area contributed by atoms with E-state index >= 15 is 0 Å². The molecular weight excluding hydrogens is 298 g/mol. The number of rotatable bonds is 5. The van der Waals surface area contributed by atoms with Gasteiger partial charge in [-0.05, 0) is 29.2 Å². The zero-order chi connectivity index (χ0) is 15.6. The summed E-state index contributed by atoms with van der Waals surface area (Å²) in [5.41, 5.74) is 0. The lowest BCUT2D eigenvalue weighted by atomic mass is 10.3. The van der Waals surface area contributed by atoms with Gasteiger partial charge in [0.2, 0.25) is 5.82 Å². The van der Waals surface area contributed by atoms with Crippen LogP contribution in [0.15, 0.2) is 35.4 Å². The Bertz CT molecular complexity index is 765. The van der Waals surface area contributed by atoms with Crippen molar-refractivity contribution in [2.24, 2.45) is 7.05 Å². The van der Waals surface area contributed by atoms with Crippen LogP contribution in [0.2, 0.25) is 0 Å². The standard InChI is InChI=1S/C12H13N3O5S/c1-14-11(13-7-12(14)15(16)17)8-20-9-3-5-10(6-4-9)21(2,18)19/h3-7H,8H2,1-2H3. The van der Waals surface area contributed by atoms with Gasteiger partial charge in [0, 0.05) is 6.26 Å². The second-order valence-corrected chi connectivity index (χ2v) is 6.40. The van der Waals surface area contributed by atoms with E-state index in [0.29, 0.717) is 11.6 Å². The Hall–Kier alpha value is -2.42. The topological polar surface area (TPSA) is 104 Å². The fourth-order valence-corrected chi connectivity index (χ4v) is 2.30. The third-order valence-electron chi connectivity index (χ3n) is 2.87. The van der Waals surface area contributed by atoms with Crippen LogP contribution in [0.4, 0.5) is 5.82 Å². The van der Waals surface area contributed by atoms with Crippen LogP contribution in [0.1, 0.15) is 5.82 Å². The number of nitro groups is 1. The van der Waals surface area contributed by atoms with Crippen molar-refractivity contribution in [2.75, 3.05) is 6.26 Å². The number of benzene rings is 1. The molecule has 0 amide bonds. The average Bonchev–Trinajstić information content (AvgIpc) is 2.77. The van der Waals surface area contributed by atoms with Crippen molar-refractivity contribution < 1.29 is 18.1 Å². The molecule has 0 bridgehead atoms. The van der Waals surface area contributed by atoms with E-state index in [1.807, 2.05) is 0 Å². The number of imidazole rings is 1. The Labute approximate surface area is 121 Å². The van der Waals surface area contributed by atoms with Crippen molar-refractivity contribution in [3.63, 3.8) is 0 Å². The molecule has 2 aromatic rings. The molecule has 0 aliphatic heterocycles. The second-order valence-electron chi connectivity index (χ2n) is 4.38. The van der Waals surface area contributed by atoms with Crippen molar-refractivity contribution in [3.8, 4) is 5.75 Å². The first kappa shape index (κ1) is 15.0. The van der Waals surface area contributed by atoms with Crippen LogP contribution in [-0.4, -0.2) is 29.1 Å². The zero-order valence-corrected chi connectivity index (χ0v) is 12.2. The van der Waals surface area contributed by atoms with Crippen LogP contribution in [0.3, 0.4) is 0 Å². The lowest BCUT2D eigenvalue weighted by Crippen LogP contribution is -2.05. The summed E-state index contributed by atoms with van der Waals surface area (Å²) < 4.78 is 29.4. The van der Waals surface area contributed by atoms with E-state index in [9.17, 15) is 18.5 Å². The molecule has 2 rings (SSSR count). The Balaban J connectivity index is 2.08. The molecule has 0 saturated heterocycles. The Morgan fingerprint density at radius 1 is 1.33 bits per heavy atom. The van der Waals surface area contributed by atoms with Gasteiger partial charge in [0.25, 0.3) is 0 Å². The van der Waals surface area contributed by atoms with Crippen LogP contribution < -0.4 is 4.74 Å². The van der Waals surface area contributed by atoms with Crippen molar-refractivity contribution >= 4 is 15.7 Å². The fraction of sp³-hybridized carbons (Fsp3) is 0.250. The van der Waals surface area contributed by atoms with Gasteiger partial charge in [-0.25, -0.2) is 18.0 Å². The Morgan fingerprint density at radius 3 is 2.43 bits per heavy atom. The SMILES string of the molecule is Cn1c([N+](=O)[O-])cnc1COc1ccc(S(C)(=O)=O)cc1. The number of hydrogen-bond acceptors (Lipinski definition) is 6. The highest BCUT2D eigenvalue weighted by Gasteiger charge is 2.16. The van der Waals surface area contributed by atoms with E-state index in [2.05, 4.69) is 4.98 Å². The molecule has 0 spiro atoms. The number of sulfone groups is 1. The molecule has 0 aliphatic carbocycles. The van der Waals surface area contributed by atoms with Gasteiger partial charge in [-0.2, -0.15) is 0 Å². The van der Waals surface area contributed by atoms with E-state index in [0.717, 1.165) is 12.5 Å². The Kier molecular flexibility index (Phi) is 3.94. The minimum atomic E-state index is -3.25. The van der Waals surface area contributed by atoms with Gasteiger partial charge in [0.1, 0.15) is 11.9 Å². The maximum Gasteiger partial charge on any atom is 0.342 e. The third-order valence-corrected chi connectivity index (χ3v) is 4.00. The minimum Gasteiger partial charge on any atom is -0.483 e. The van der Waals surface area contributed by atoms with Crippen molar-refractivity contribution in [3.05, 3.63) is 46.4 Å². The summed E-state index contributed by atoms with van der Waals surface area (Å²) in [6.45, 7) is 0.0442. The molecule has 1 heterocycles. The first-order valence-electron chi connectivity index (χ1n) is 5.87. The molecule has 8 nitrogen and oxygen atoms in total. The monoisotopic (exact) mass is 311 g/mol. The molecule has 0 N–H and O–H groups in total. The van der Waals surface area contributed by atoms with Gasteiger partial charge in [-0.3, -0.25) is 0 Å². The number of ether oxygens (including phenoxy) is 1. The van der Waals surface area contributed by atoms with Crippen LogP contribution in [-0.2, 0) is 23.5 Å². The molecule has 112 valence electrons. The molecule has 0 atom stereocenters. The normalized spacial score (nSPS) is 11.3. The maximum absolute atomic E-state index is 11.3. The molecule has 9 heteroatoms. The largest absolute Gasteiger partial charge is 0.483 e. The lowest BCUT2D eigenvalue weighted by Gasteiger charge is -2.05. The average molecular weight is 311 g/mol. The molecule has 0 aliphatic rings. The lowest BCUT2D eigenvalue weighted by molar-refractivity contribution is -0.391. The van der Waals surface area contributed by atoms with Crippen LogP contribution in [0.25, 0.3) is 0 Å². The van der Waals surface area contributed by atoms with Crippen LogP contribution in [0.5, 0.6) is 5.75 Å². The third kappa shape index (κ3) is 3.37. The first-order valence-corrected chi connectivity index (χ1v) is 7.76. The summed E-state index contributed by atoms with van der Waals surface area (Å²) in [6, 6.07) is 5.92. The highest BCUT2D eigenvalue weighted by atomic mass is 32.2.